The number of nitrogens with zero attached hydrogens (tertiary/aromatic N) is 4. The number of amides is 1. The van der Waals surface area contributed by atoms with Crippen LogP contribution in [0.4, 0.5) is 5.95 Å². The highest BCUT2D eigenvalue weighted by atomic mass is 16.5. The second-order valence-corrected chi connectivity index (χ2v) is 7.00. The summed E-state index contributed by atoms with van der Waals surface area (Å²) in [5.74, 6) is 0.765. The summed E-state index contributed by atoms with van der Waals surface area (Å²) in [4.78, 5) is 27.3. The van der Waals surface area contributed by atoms with Crippen molar-refractivity contribution in [3.05, 3.63) is 48.5 Å². The van der Waals surface area contributed by atoms with Crippen LogP contribution in [0.3, 0.4) is 0 Å². The molecule has 1 N–H and O–H groups in total. The van der Waals surface area contributed by atoms with E-state index in [2.05, 4.69) is 20.3 Å². The molecule has 0 unspecified atom stereocenters. The Morgan fingerprint density at radius 1 is 1.23 bits per heavy atom. The van der Waals surface area contributed by atoms with E-state index in [1.807, 2.05) is 23.1 Å². The van der Waals surface area contributed by atoms with E-state index in [0.29, 0.717) is 25.5 Å². The van der Waals surface area contributed by atoms with Crippen LogP contribution in [0.5, 0.6) is 0 Å². The smallest absolute Gasteiger partial charge is 0.228 e. The molecule has 2 atom stereocenters. The fourth-order valence-electron chi connectivity index (χ4n) is 3.82. The van der Waals surface area contributed by atoms with E-state index < -0.39 is 0 Å². The van der Waals surface area contributed by atoms with Crippen LogP contribution in [-0.4, -0.2) is 57.1 Å². The van der Waals surface area contributed by atoms with Gasteiger partial charge in [0.25, 0.3) is 0 Å². The summed E-state index contributed by atoms with van der Waals surface area (Å²) in [6.07, 6.45) is 8.18. The van der Waals surface area contributed by atoms with Gasteiger partial charge in [0, 0.05) is 50.0 Å². The lowest BCUT2D eigenvalue weighted by Gasteiger charge is -2.38. The first kappa shape index (κ1) is 16.9. The minimum absolute atomic E-state index is 0.116. The van der Waals surface area contributed by atoms with Crippen LogP contribution < -0.4 is 5.32 Å². The molecule has 0 radical (unpaired) electrons. The Kier molecular flexibility index (Phi) is 4.79. The maximum atomic E-state index is 12.6. The van der Waals surface area contributed by atoms with E-state index in [1.165, 1.54) is 0 Å². The molecule has 0 saturated carbocycles. The van der Waals surface area contributed by atoms with Crippen LogP contribution in [0.2, 0.25) is 0 Å². The van der Waals surface area contributed by atoms with Crippen molar-refractivity contribution in [2.24, 2.45) is 0 Å². The third-order valence-electron chi connectivity index (χ3n) is 5.12. The van der Waals surface area contributed by atoms with Crippen LogP contribution in [-0.2, 0) is 16.0 Å². The Bertz CT molecular complexity index is 742. The number of nitrogens with one attached hydrogen (secondary N) is 1. The minimum atomic E-state index is -0.259. The van der Waals surface area contributed by atoms with Gasteiger partial charge >= 0.3 is 0 Å². The summed E-state index contributed by atoms with van der Waals surface area (Å²) in [5.41, 5.74) is 0.550. The number of hydrogen-bond donors (Lipinski definition) is 1. The predicted molar refractivity (Wildman–Crippen MR) is 96.5 cm³/mol. The molecule has 2 fully saturated rings. The van der Waals surface area contributed by atoms with Crippen LogP contribution in [0.1, 0.15) is 25.0 Å². The molecular formula is C19H23N5O2. The van der Waals surface area contributed by atoms with Gasteiger partial charge in [-0.1, -0.05) is 6.07 Å². The summed E-state index contributed by atoms with van der Waals surface area (Å²) in [6.45, 7) is 2.07. The van der Waals surface area contributed by atoms with Gasteiger partial charge in [-0.25, -0.2) is 9.97 Å². The SMILES string of the molecule is O=C(Cc1ccccn1)N1CC[C@@]2(C[C@H](Nc3ncccn3)CCO2)C1. The molecule has 1 amide bonds. The average molecular weight is 353 g/mol. The average Bonchev–Trinajstić information content (AvgIpc) is 3.07. The van der Waals surface area contributed by atoms with Crippen molar-refractivity contribution < 1.29 is 9.53 Å². The highest BCUT2D eigenvalue weighted by Gasteiger charge is 2.44. The monoisotopic (exact) mass is 353 g/mol. The first-order valence-electron chi connectivity index (χ1n) is 9.08. The summed E-state index contributed by atoms with van der Waals surface area (Å²) >= 11 is 0. The van der Waals surface area contributed by atoms with Crippen LogP contribution >= 0.6 is 0 Å². The zero-order chi connectivity index (χ0) is 17.8. The number of rotatable bonds is 4. The normalized spacial score (nSPS) is 25.4. The Balaban J connectivity index is 1.36. The molecule has 1 spiro atoms. The topological polar surface area (TPSA) is 80.2 Å². The molecule has 2 aliphatic heterocycles. The quantitative estimate of drug-likeness (QED) is 0.901. The van der Waals surface area contributed by atoms with Gasteiger partial charge in [-0.15, -0.1) is 0 Å². The van der Waals surface area contributed by atoms with Crippen molar-refractivity contribution in [3.8, 4) is 0 Å². The lowest BCUT2D eigenvalue weighted by Crippen LogP contribution is -2.47. The maximum Gasteiger partial charge on any atom is 0.228 e. The standard InChI is InChI=1S/C19H23N5O2/c25-17(12-15-4-1-2-7-20-15)24-10-6-19(14-24)13-16(5-11-26-19)23-18-21-8-3-9-22-18/h1-4,7-9,16H,5-6,10-14H2,(H,21,22,23)/t16-,19-/m1/s1. The molecule has 4 heterocycles. The number of carbonyl (C=O) groups excluding carboxylic acids is 1. The molecule has 136 valence electrons. The van der Waals surface area contributed by atoms with Crippen LogP contribution in [0.15, 0.2) is 42.9 Å². The third-order valence-corrected chi connectivity index (χ3v) is 5.12. The van der Waals surface area contributed by atoms with Gasteiger partial charge in [-0.3, -0.25) is 9.78 Å². The highest BCUT2D eigenvalue weighted by molar-refractivity contribution is 5.78. The summed E-state index contributed by atoms with van der Waals surface area (Å²) in [7, 11) is 0. The maximum absolute atomic E-state index is 12.6. The summed E-state index contributed by atoms with van der Waals surface area (Å²) in [5, 5.41) is 3.40. The number of ether oxygens (including phenoxy) is 1. The van der Waals surface area contributed by atoms with Gasteiger partial charge < -0.3 is 15.0 Å². The van der Waals surface area contributed by atoms with Gasteiger partial charge in [0.05, 0.1) is 12.0 Å². The molecule has 7 heteroatoms. The van der Waals surface area contributed by atoms with Gasteiger partial charge in [0.2, 0.25) is 11.9 Å². The predicted octanol–water partition coefficient (Wildman–Crippen LogP) is 1.68. The van der Waals surface area contributed by atoms with Gasteiger partial charge in [0.15, 0.2) is 0 Å². The number of aromatic nitrogens is 3. The minimum Gasteiger partial charge on any atom is -0.373 e. The second-order valence-electron chi connectivity index (χ2n) is 7.00. The van der Waals surface area contributed by atoms with Crippen LogP contribution in [0, 0.1) is 0 Å². The molecule has 0 bridgehead atoms. The summed E-state index contributed by atoms with van der Waals surface area (Å²) < 4.78 is 6.13. The van der Waals surface area contributed by atoms with E-state index >= 15 is 0 Å². The largest absolute Gasteiger partial charge is 0.373 e. The molecule has 7 nitrogen and oxygen atoms in total. The van der Waals surface area contributed by atoms with E-state index in [-0.39, 0.29) is 17.6 Å². The van der Waals surface area contributed by atoms with Crippen molar-refractivity contribution in [3.63, 3.8) is 0 Å². The number of anilines is 1. The molecule has 26 heavy (non-hydrogen) atoms. The lowest BCUT2D eigenvalue weighted by atomic mass is 9.89. The lowest BCUT2D eigenvalue weighted by molar-refractivity contribution is -0.132. The van der Waals surface area contributed by atoms with Crippen molar-refractivity contribution in [2.45, 2.75) is 37.3 Å². The van der Waals surface area contributed by atoms with E-state index in [1.54, 1.807) is 24.7 Å². The summed E-state index contributed by atoms with van der Waals surface area (Å²) in [6, 6.07) is 7.72. The molecule has 2 saturated heterocycles. The fraction of sp³-hybridized carbons (Fsp3) is 0.474. The second kappa shape index (κ2) is 7.37. The number of pyridine rings is 1. The van der Waals surface area contributed by atoms with Gasteiger partial charge in [-0.2, -0.15) is 0 Å². The molecule has 2 aromatic heterocycles. The molecular weight excluding hydrogens is 330 g/mol. The van der Waals surface area contributed by atoms with Crippen molar-refractivity contribution in [1.82, 2.24) is 19.9 Å². The molecule has 0 aromatic carbocycles. The zero-order valence-electron chi connectivity index (χ0n) is 14.7. The Morgan fingerprint density at radius 3 is 2.88 bits per heavy atom. The van der Waals surface area contributed by atoms with Crippen molar-refractivity contribution >= 4 is 11.9 Å². The Hall–Kier alpha value is -2.54. The van der Waals surface area contributed by atoms with E-state index in [9.17, 15) is 4.79 Å². The van der Waals surface area contributed by atoms with Crippen molar-refractivity contribution in [1.29, 1.82) is 0 Å². The highest BCUT2D eigenvalue weighted by Crippen LogP contribution is 2.35. The third kappa shape index (κ3) is 3.83. The fourth-order valence-corrected chi connectivity index (χ4v) is 3.82. The first-order chi connectivity index (χ1) is 12.7. The first-order valence-corrected chi connectivity index (χ1v) is 9.08. The van der Waals surface area contributed by atoms with Crippen LogP contribution in [0.25, 0.3) is 0 Å². The number of likely N-dealkylation sites (tertiary alicyclic amines) is 1. The number of carbonyl (C=O) groups is 1. The van der Waals surface area contributed by atoms with Gasteiger partial charge in [0.1, 0.15) is 0 Å². The molecule has 4 rings (SSSR count). The van der Waals surface area contributed by atoms with E-state index in [0.717, 1.165) is 31.5 Å². The Morgan fingerprint density at radius 2 is 2.08 bits per heavy atom. The Labute approximate surface area is 152 Å². The van der Waals surface area contributed by atoms with E-state index in [4.69, 9.17) is 4.74 Å². The molecule has 2 aromatic rings. The number of hydrogen-bond acceptors (Lipinski definition) is 6. The van der Waals surface area contributed by atoms with Crippen molar-refractivity contribution in [2.75, 3.05) is 25.0 Å². The van der Waals surface area contributed by atoms with Gasteiger partial charge in [-0.05, 0) is 37.5 Å². The zero-order valence-corrected chi connectivity index (χ0v) is 14.7. The molecule has 0 aliphatic carbocycles. The molecule has 2 aliphatic rings.